The van der Waals surface area contributed by atoms with Crippen LogP contribution in [0.4, 0.5) is 0 Å². The van der Waals surface area contributed by atoms with E-state index in [9.17, 15) is 9.59 Å². The number of H-pyrrole nitrogens is 1. The number of nitrogens with zero attached hydrogens (tertiary/aromatic N) is 2. The maximum atomic E-state index is 13.4. The number of nitrogens with one attached hydrogen (secondary N) is 1. The first-order valence-electron chi connectivity index (χ1n) is 10.4. The Balaban J connectivity index is 1.58. The van der Waals surface area contributed by atoms with Gasteiger partial charge in [0, 0.05) is 29.1 Å². The number of aryl methyl sites for hydroxylation is 1. The van der Waals surface area contributed by atoms with Crippen LogP contribution in [0.15, 0.2) is 48.5 Å². The normalized spacial score (nSPS) is 24.0. The highest BCUT2D eigenvalue weighted by Gasteiger charge is 2.50. The van der Waals surface area contributed by atoms with Gasteiger partial charge in [-0.15, -0.1) is 0 Å². The number of piperazine rings is 1. The number of fused-ring (bicyclic) bond motifs is 4. The Labute approximate surface area is 169 Å². The van der Waals surface area contributed by atoms with E-state index >= 15 is 0 Å². The number of hydrogen-bond donors (Lipinski definition) is 1. The molecule has 146 valence electrons. The van der Waals surface area contributed by atoms with E-state index in [0.717, 1.165) is 40.6 Å². The van der Waals surface area contributed by atoms with E-state index in [4.69, 9.17) is 0 Å². The topological polar surface area (TPSA) is 56.4 Å². The molecule has 3 aliphatic rings. The maximum Gasteiger partial charge on any atom is 0.246 e. The number of aromatic nitrogens is 1. The second kappa shape index (κ2) is 5.96. The monoisotopic (exact) mass is 385 g/mol. The molecule has 2 atom stereocenters. The second-order valence-electron chi connectivity index (χ2n) is 8.54. The van der Waals surface area contributed by atoms with E-state index in [2.05, 4.69) is 36.2 Å². The third-order valence-corrected chi connectivity index (χ3v) is 6.76. The van der Waals surface area contributed by atoms with Crippen molar-refractivity contribution in [1.29, 1.82) is 0 Å². The van der Waals surface area contributed by atoms with Gasteiger partial charge < -0.3 is 14.8 Å². The molecule has 6 rings (SSSR count). The fraction of sp³-hybridized carbons (Fsp3) is 0.333. The van der Waals surface area contributed by atoms with Gasteiger partial charge in [-0.3, -0.25) is 9.59 Å². The summed E-state index contributed by atoms with van der Waals surface area (Å²) in [7, 11) is 0. The summed E-state index contributed by atoms with van der Waals surface area (Å²) in [5, 5.41) is 1.16. The molecule has 3 aromatic rings. The van der Waals surface area contributed by atoms with Crippen molar-refractivity contribution in [3.63, 3.8) is 0 Å². The molecule has 2 aromatic carbocycles. The van der Waals surface area contributed by atoms with Gasteiger partial charge in [0.2, 0.25) is 11.8 Å². The van der Waals surface area contributed by atoms with Crippen molar-refractivity contribution in [3.05, 3.63) is 70.9 Å². The molecule has 2 aliphatic heterocycles. The highest BCUT2D eigenvalue weighted by Crippen LogP contribution is 2.44. The van der Waals surface area contributed by atoms with Crippen molar-refractivity contribution in [2.24, 2.45) is 0 Å². The lowest BCUT2D eigenvalue weighted by Crippen LogP contribution is -2.63. The van der Waals surface area contributed by atoms with Crippen molar-refractivity contribution in [1.82, 2.24) is 14.8 Å². The largest absolute Gasteiger partial charge is 0.356 e. The van der Waals surface area contributed by atoms with Crippen molar-refractivity contribution in [2.45, 2.75) is 44.3 Å². The molecule has 2 amide bonds. The first-order chi connectivity index (χ1) is 14.1. The summed E-state index contributed by atoms with van der Waals surface area (Å²) in [4.78, 5) is 34.1. The van der Waals surface area contributed by atoms with Crippen LogP contribution in [0.1, 0.15) is 41.3 Å². The molecule has 29 heavy (non-hydrogen) atoms. The van der Waals surface area contributed by atoms with Gasteiger partial charge in [-0.25, -0.2) is 0 Å². The summed E-state index contributed by atoms with van der Waals surface area (Å²) in [6, 6.07) is 16.0. The Bertz CT molecular complexity index is 1160. The summed E-state index contributed by atoms with van der Waals surface area (Å²) >= 11 is 0. The third kappa shape index (κ3) is 2.40. The SMILES string of the molecule is Cc1ccccc1[C@H]1c2[nH]c3ccccc3c2C[C@H]2C(=O)N(C3CC3)CC(=O)N12. The Kier molecular flexibility index (Phi) is 3.46. The molecule has 3 heterocycles. The zero-order valence-corrected chi connectivity index (χ0v) is 16.4. The van der Waals surface area contributed by atoms with Crippen LogP contribution in [0.25, 0.3) is 10.9 Å². The van der Waals surface area contributed by atoms with Crippen molar-refractivity contribution < 1.29 is 9.59 Å². The lowest BCUT2D eigenvalue weighted by molar-refractivity contribution is -0.159. The Morgan fingerprint density at radius 2 is 1.76 bits per heavy atom. The molecular weight excluding hydrogens is 362 g/mol. The van der Waals surface area contributed by atoms with Crippen LogP contribution in [0.5, 0.6) is 0 Å². The van der Waals surface area contributed by atoms with Gasteiger partial charge in [0.15, 0.2) is 0 Å². The molecule has 1 saturated heterocycles. The minimum absolute atomic E-state index is 0.0547. The first kappa shape index (κ1) is 16.8. The number of rotatable bonds is 2. The fourth-order valence-corrected chi connectivity index (χ4v) is 5.20. The van der Waals surface area contributed by atoms with Crippen LogP contribution in [0.2, 0.25) is 0 Å². The summed E-state index contributed by atoms with van der Waals surface area (Å²) in [5.41, 5.74) is 5.51. The van der Waals surface area contributed by atoms with Crippen molar-refractivity contribution in [2.75, 3.05) is 6.54 Å². The van der Waals surface area contributed by atoms with Gasteiger partial charge in [0.05, 0.1) is 6.04 Å². The highest BCUT2D eigenvalue weighted by molar-refractivity contribution is 5.98. The standard InChI is InChI=1S/C24H23N3O2/c1-14-6-2-3-7-16(14)23-22-18(17-8-4-5-9-19(17)25-22)12-20-24(29)26(15-10-11-15)13-21(28)27(20)23/h2-9,15,20,23,25H,10-13H2,1H3/t20-,23-/m0/s1. The lowest BCUT2D eigenvalue weighted by atomic mass is 9.85. The first-order valence-corrected chi connectivity index (χ1v) is 10.4. The molecule has 1 N–H and O–H groups in total. The molecule has 1 aliphatic carbocycles. The van der Waals surface area contributed by atoms with E-state index in [0.29, 0.717) is 6.42 Å². The number of amides is 2. The highest BCUT2D eigenvalue weighted by atomic mass is 16.2. The quantitative estimate of drug-likeness (QED) is 0.736. The number of hydrogen-bond acceptors (Lipinski definition) is 2. The predicted octanol–water partition coefficient (Wildman–Crippen LogP) is 3.32. The summed E-state index contributed by atoms with van der Waals surface area (Å²) < 4.78 is 0. The van der Waals surface area contributed by atoms with E-state index in [1.54, 1.807) is 0 Å². The van der Waals surface area contributed by atoms with Gasteiger partial charge in [0.25, 0.3) is 0 Å². The second-order valence-corrected chi connectivity index (χ2v) is 8.54. The van der Waals surface area contributed by atoms with Gasteiger partial charge >= 0.3 is 0 Å². The van der Waals surface area contributed by atoms with E-state index in [1.165, 1.54) is 5.56 Å². The number of benzene rings is 2. The smallest absolute Gasteiger partial charge is 0.246 e. The van der Waals surface area contributed by atoms with Gasteiger partial charge in [0.1, 0.15) is 12.6 Å². The molecule has 0 bridgehead atoms. The van der Waals surface area contributed by atoms with Crippen LogP contribution < -0.4 is 0 Å². The minimum atomic E-state index is -0.423. The molecule has 0 spiro atoms. The number of para-hydroxylation sites is 1. The number of carbonyl (C=O) groups excluding carboxylic acids is 2. The predicted molar refractivity (Wildman–Crippen MR) is 110 cm³/mol. The zero-order chi connectivity index (χ0) is 19.7. The molecule has 0 unspecified atom stereocenters. The molecule has 1 aromatic heterocycles. The molecule has 5 heteroatoms. The van der Waals surface area contributed by atoms with Crippen LogP contribution in [0, 0.1) is 6.92 Å². The summed E-state index contributed by atoms with van der Waals surface area (Å²) in [6.45, 7) is 2.28. The Morgan fingerprint density at radius 3 is 2.55 bits per heavy atom. The van der Waals surface area contributed by atoms with Crippen LogP contribution in [0.3, 0.4) is 0 Å². The maximum absolute atomic E-state index is 13.4. The van der Waals surface area contributed by atoms with Crippen molar-refractivity contribution in [3.8, 4) is 0 Å². The van der Waals surface area contributed by atoms with E-state index in [-0.39, 0.29) is 30.4 Å². The van der Waals surface area contributed by atoms with Gasteiger partial charge in [-0.05, 0) is 42.5 Å². The van der Waals surface area contributed by atoms with Crippen molar-refractivity contribution >= 4 is 22.7 Å². The molecule has 5 nitrogen and oxygen atoms in total. The lowest BCUT2D eigenvalue weighted by Gasteiger charge is -2.47. The van der Waals surface area contributed by atoms with E-state index < -0.39 is 6.04 Å². The van der Waals surface area contributed by atoms with Crippen LogP contribution >= 0.6 is 0 Å². The average Bonchev–Trinajstić information content (AvgIpc) is 3.50. The molecule has 2 fully saturated rings. The number of aromatic amines is 1. The number of carbonyl (C=O) groups is 2. The zero-order valence-electron chi connectivity index (χ0n) is 16.4. The average molecular weight is 385 g/mol. The Hall–Kier alpha value is -3.08. The molecule has 0 radical (unpaired) electrons. The van der Waals surface area contributed by atoms with Crippen LogP contribution in [-0.4, -0.2) is 45.2 Å². The van der Waals surface area contributed by atoms with E-state index in [1.807, 2.05) is 34.1 Å². The Morgan fingerprint density at radius 1 is 1.00 bits per heavy atom. The summed E-state index contributed by atoms with van der Waals surface area (Å²) in [5.74, 6) is 0.167. The molecule has 1 saturated carbocycles. The fourth-order valence-electron chi connectivity index (χ4n) is 5.20. The summed E-state index contributed by atoms with van der Waals surface area (Å²) in [6.07, 6.45) is 2.62. The van der Waals surface area contributed by atoms with Gasteiger partial charge in [-0.2, -0.15) is 0 Å². The van der Waals surface area contributed by atoms with Gasteiger partial charge in [-0.1, -0.05) is 42.5 Å². The minimum Gasteiger partial charge on any atom is -0.356 e. The van der Waals surface area contributed by atoms with Crippen LogP contribution in [-0.2, 0) is 16.0 Å². The molecular formula is C24H23N3O2. The third-order valence-electron chi connectivity index (χ3n) is 6.76.